The predicted molar refractivity (Wildman–Crippen MR) is 98.9 cm³/mol. The fourth-order valence-corrected chi connectivity index (χ4v) is 3.73. The summed E-state index contributed by atoms with van der Waals surface area (Å²) in [4.78, 5) is -1.82. The van der Waals surface area contributed by atoms with E-state index < -0.39 is 27.2 Å². The number of ether oxygens (including phenoxy) is 2. The summed E-state index contributed by atoms with van der Waals surface area (Å²) in [6.45, 7) is 1.69. The molecule has 1 saturated heterocycles. The third kappa shape index (κ3) is 3.05. The number of halogens is 4. The van der Waals surface area contributed by atoms with Gasteiger partial charge in [-0.3, -0.25) is 0 Å². The minimum atomic E-state index is -1.25. The third-order valence-corrected chi connectivity index (χ3v) is 5.60. The number of hydrogen-bond donors (Lipinski definition) is 0. The molecule has 0 bridgehead atoms. The zero-order valence-corrected chi connectivity index (χ0v) is 15.9. The maximum absolute atomic E-state index is 6.43. The summed E-state index contributed by atoms with van der Waals surface area (Å²) >= 11 is 25.1. The van der Waals surface area contributed by atoms with E-state index in [-0.39, 0.29) is 0 Å². The molecule has 1 heterocycles. The van der Waals surface area contributed by atoms with Gasteiger partial charge in [0, 0.05) is 0 Å². The molecular formula is C18H16Cl4O2. The molecule has 3 unspecified atom stereocenters. The molecule has 3 rings (SSSR count). The second kappa shape index (κ2) is 7.03. The van der Waals surface area contributed by atoms with E-state index in [1.807, 2.05) is 60.7 Å². The highest BCUT2D eigenvalue weighted by atomic mass is 35.5. The van der Waals surface area contributed by atoms with Crippen molar-refractivity contribution >= 4 is 46.4 Å². The first-order valence-electron chi connectivity index (χ1n) is 7.45. The lowest BCUT2D eigenvalue weighted by Crippen LogP contribution is -2.41. The van der Waals surface area contributed by atoms with Crippen LogP contribution < -0.4 is 0 Å². The van der Waals surface area contributed by atoms with Gasteiger partial charge in [-0.25, -0.2) is 0 Å². The summed E-state index contributed by atoms with van der Waals surface area (Å²) < 4.78 is 12.4. The molecule has 1 aliphatic heterocycles. The van der Waals surface area contributed by atoms with E-state index in [2.05, 4.69) is 0 Å². The summed E-state index contributed by atoms with van der Waals surface area (Å²) in [7, 11) is 0. The van der Waals surface area contributed by atoms with Crippen molar-refractivity contribution in [3.63, 3.8) is 0 Å². The minimum Gasteiger partial charge on any atom is -0.336 e. The fraction of sp³-hybridized carbons (Fsp3) is 0.333. The van der Waals surface area contributed by atoms with Crippen molar-refractivity contribution in [2.24, 2.45) is 0 Å². The van der Waals surface area contributed by atoms with E-state index in [4.69, 9.17) is 55.9 Å². The van der Waals surface area contributed by atoms with Crippen LogP contribution in [0.5, 0.6) is 0 Å². The number of rotatable bonds is 4. The van der Waals surface area contributed by atoms with Crippen LogP contribution in [0, 0.1) is 0 Å². The molecule has 0 amide bonds. The smallest absolute Gasteiger partial charge is 0.197 e. The van der Waals surface area contributed by atoms with Gasteiger partial charge in [0.2, 0.25) is 0 Å². The van der Waals surface area contributed by atoms with Gasteiger partial charge in [0.05, 0.1) is 0 Å². The minimum absolute atomic E-state index is 0.564. The van der Waals surface area contributed by atoms with Gasteiger partial charge < -0.3 is 9.47 Å². The highest BCUT2D eigenvalue weighted by Crippen LogP contribution is 2.57. The molecule has 1 fully saturated rings. The van der Waals surface area contributed by atoms with Crippen molar-refractivity contribution in [1.29, 1.82) is 0 Å². The monoisotopic (exact) mass is 404 g/mol. The third-order valence-electron chi connectivity index (χ3n) is 4.16. The van der Waals surface area contributed by atoms with Crippen LogP contribution >= 0.6 is 46.4 Å². The lowest BCUT2D eigenvalue weighted by molar-refractivity contribution is -0.167. The van der Waals surface area contributed by atoms with E-state index in [0.29, 0.717) is 0 Å². The molecule has 0 spiro atoms. The Kier molecular flexibility index (Phi) is 5.36. The molecule has 2 nitrogen and oxygen atoms in total. The van der Waals surface area contributed by atoms with Crippen LogP contribution in [0.4, 0.5) is 0 Å². The van der Waals surface area contributed by atoms with Gasteiger partial charge >= 0.3 is 0 Å². The van der Waals surface area contributed by atoms with Crippen LogP contribution in [0.3, 0.4) is 0 Å². The van der Waals surface area contributed by atoms with Gasteiger partial charge in [0.25, 0.3) is 0 Å². The van der Waals surface area contributed by atoms with Crippen LogP contribution in [0.1, 0.15) is 24.2 Å². The number of hydrogen-bond acceptors (Lipinski definition) is 2. The average molecular weight is 406 g/mol. The van der Waals surface area contributed by atoms with Gasteiger partial charge in [0.1, 0.15) is 10.9 Å². The zero-order chi connectivity index (χ0) is 17.4. The molecule has 0 radical (unpaired) electrons. The maximum atomic E-state index is 6.43. The Morgan fingerprint density at radius 3 is 1.88 bits per heavy atom. The van der Waals surface area contributed by atoms with Crippen molar-refractivity contribution in [2.75, 3.05) is 0 Å². The van der Waals surface area contributed by atoms with Crippen molar-refractivity contribution in [2.45, 2.75) is 34.1 Å². The first-order valence-corrected chi connectivity index (χ1v) is 9.19. The molecule has 0 N–H and O–H groups in total. The number of benzene rings is 2. The van der Waals surface area contributed by atoms with E-state index in [1.54, 1.807) is 6.92 Å². The lowest BCUT2D eigenvalue weighted by atomic mass is 9.86. The lowest BCUT2D eigenvalue weighted by Gasteiger charge is -2.35. The van der Waals surface area contributed by atoms with Crippen LogP contribution in [0.2, 0.25) is 0 Å². The van der Waals surface area contributed by atoms with Gasteiger partial charge in [-0.2, -0.15) is 0 Å². The second-order valence-electron chi connectivity index (χ2n) is 5.79. The van der Waals surface area contributed by atoms with Gasteiger partial charge in [-0.15, -0.1) is 23.2 Å². The van der Waals surface area contributed by atoms with E-state index in [1.165, 1.54) is 0 Å². The Balaban J connectivity index is 2.19. The van der Waals surface area contributed by atoms with Crippen molar-refractivity contribution < 1.29 is 9.47 Å². The highest BCUT2D eigenvalue weighted by molar-refractivity contribution is 6.45. The van der Waals surface area contributed by atoms with Crippen molar-refractivity contribution in [3.05, 3.63) is 71.8 Å². The molecule has 0 aliphatic carbocycles. The van der Waals surface area contributed by atoms with E-state index in [0.717, 1.165) is 11.1 Å². The van der Waals surface area contributed by atoms with E-state index >= 15 is 0 Å². The Bertz CT molecular complexity index is 680. The molecule has 2 aromatic carbocycles. The Morgan fingerprint density at radius 2 is 1.38 bits per heavy atom. The van der Waals surface area contributed by atoms with Crippen LogP contribution in [0.25, 0.3) is 0 Å². The van der Waals surface area contributed by atoms with Gasteiger partial charge in [0.15, 0.2) is 16.2 Å². The highest BCUT2D eigenvalue weighted by Gasteiger charge is 2.61. The molecule has 0 saturated carbocycles. The molecule has 2 aromatic rings. The summed E-state index contributed by atoms with van der Waals surface area (Å²) in [5.41, 5.74) is 0.541. The first kappa shape index (κ1) is 18.3. The fourth-order valence-electron chi connectivity index (χ4n) is 2.97. The summed E-state index contributed by atoms with van der Waals surface area (Å²) in [5, 5.41) is 0. The summed E-state index contributed by atoms with van der Waals surface area (Å²) in [6, 6.07) is 19.1. The molecule has 3 atom stereocenters. The van der Waals surface area contributed by atoms with E-state index in [9.17, 15) is 0 Å². The SMILES string of the molecule is CC1(C(Cl)Cl)OC(c2ccccc2)C(c2ccccc2)(C(Cl)Cl)O1. The molecular weight excluding hydrogens is 390 g/mol. The standard InChI is InChI=1S/C18H16Cl4O2/c1-17(15(19)20)23-14(12-8-4-2-5-9-12)18(24-17,16(21)22)13-10-6-3-7-11-13/h2-11,14-16H,1H3. The molecule has 6 heteroatoms. The van der Waals surface area contributed by atoms with Crippen molar-refractivity contribution in [1.82, 2.24) is 0 Å². The largest absolute Gasteiger partial charge is 0.336 e. The molecule has 128 valence electrons. The molecule has 1 aliphatic rings. The second-order valence-corrected chi connectivity index (χ2v) is 7.98. The normalized spacial score (nSPS) is 30.2. The number of alkyl halides is 4. The quantitative estimate of drug-likeness (QED) is 0.581. The van der Waals surface area contributed by atoms with Gasteiger partial charge in [-0.05, 0) is 18.1 Å². The van der Waals surface area contributed by atoms with Crippen LogP contribution in [-0.4, -0.2) is 15.5 Å². The maximum Gasteiger partial charge on any atom is 0.197 e. The summed E-state index contributed by atoms with van der Waals surface area (Å²) in [5.74, 6) is -1.25. The average Bonchev–Trinajstić information content (AvgIpc) is 2.93. The van der Waals surface area contributed by atoms with Gasteiger partial charge in [-0.1, -0.05) is 83.9 Å². The zero-order valence-electron chi connectivity index (χ0n) is 12.8. The van der Waals surface area contributed by atoms with Crippen LogP contribution in [0.15, 0.2) is 60.7 Å². The molecule has 24 heavy (non-hydrogen) atoms. The Hall–Kier alpha value is -0.480. The van der Waals surface area contributed by atoms with Crippen molar-refractivity contribution in [3.8, 4) is 0 Å². The molecule has 0 aromatic heterocycles. The Morgan fingerprint density at radius 1 is 0.833 bits per heavy atom. The Labute approximate surface area is 161 Å². The van der Waals surface area contributed by atoms with Crippen LogP contribution in [-0.2, 0) is 15.1 Å². The first-order chi connectivity index (χ1) is 11.4. The predicted octanol–water partition coefficient (Wildman–Crippen LogP) is 5.99. The summed E-state index contributed by atoms with van der Waals surface area (Å²) in [6.07, 6.45) is -0.564. The topological polar surface area (TPSA) is 18.5 Å².